The number of H-pyrrole nitrogens is 1. The maximum Gasteiger partial charge on any atom is 0.455 e. The Balaban J connectivity index is 2.52. The normalized spacial score (nSPS) is 14.6. The molecule has 0 aliphatic rings. The third-order valence-corrected chi connectivity index (χ3v) is 3.02. The molecule has 0 saturated heterocycles. The Labute approximate surface area is 110 Å². The fraction of sp³-hybridized carbons (Fsp3) is 0.333. The van der Waals surface area contributed by atoms with Gasteiger partial charge in [-0.25, -0.2) is 0 Å². The van der Waals surface area contributed by atoms with Gasteiger partial charge in [0.1, 0.15) is 11.8 Å². The molecule has 110 valence electrons. The van der Waals surface area contributed by atoms with E-state index in [9.17, 15) is 22.0 Å². The Hall–Kier alpha value is -1.83. The van der Waals surface area contributed by atoms with Crippen molar-refractivity contribution in [3.05, 3.63) is 30.0 Å². The molecule has 0 aliphatic carbocycles. The van der Waals surface area contributed by atoms with Crippen LogP contribution < -0.4 is 10.5 Å². The van der Waals surface area contributed by atoms with Gasteiger partial charge in [-0.3, -0.25) is 0 Å². The van der Waals surface area contributed by atoms with E-state index in [-0.39, 0.29) is 10.9 Å². The lowest BCUT2D eigenvalue weighted by atomic mass is 10.0. The Morgan fingerprint density at radius 1 is 1.20 bits per heavy atom. The zero-order valence-corrected chi connectivity index (χ0v) is 10.3. The largest absolute Gasteiger partial charge is 0.497 e. The van der Waals surface area contributed by atoms with E-state index in [2.05, 4.69) is 4.98 Å². The van der Waals surface area contributed by atoms with E-state index in [0.29, 0.717) is 11.3 Å². The van der Waals surface area contributed by atoms with Gasteiger partial charge in [0, 0.05) is 22.7 Å². The average molecular weight is 294 g/mol. The summed E-state index contributed by atoms with van der Waals surface area (Å²) < 4.78 is 68.6. The van der Waals surface area contributed by atoms with Gasteiger partial charge in [0.25, 0.3) is 0 Å². The Morgan fingerprint density at radius 3 is 2.40 bits per heavy atom. The van der Waals surface area contributed by atoms with E-state index in [1.54, 1.807) is 6.07 Å². The second kappa shape index (κ2) is 4.62. The van der Waals surface area contributed by atoms with Crippen LogP contribution in [0, 0.1) is 0 Å². The summed E-state index contributed by atoms with van der Waals surface area (Å²) in [6, 6.07) is 1.92. The van der Waals surface area contributed by atoms with Crippen molar-refractivity contribution in [3.63, 3.8) is 0 Å². The van der Waals surface area contributed by atoms with Gasteiger partial charge in [-0.15, -0.1) is 0 Å². The molecule has 1 atom stereocenters. The summed E-state index contributed by atoms with van der Waals surface area (Å²) in [5, 5.41) is 0.167. The molecule has 1 aromatic heterocycles. The van der Waals surface area contributed by atoms with Crippen LogP contribution in [0.15, 0.2) is 24.4 Å². The van der Waals surface area contributed by atoms with Crippen molar-refractivity contribution in [3.8, 4) is 5.75 Å². The van der Waals surface area contributed by atoms with Crippen LogP contribution in [-0.2, 0) is 0 Å². The summed E-state index contributed by atoms with van der Waals surface area (Å²) in [5.74, 6) is -4.69. The summed E-state index contributed by atoms with van der Waals surface area (Å²) in [7, 11) is 1.36. The minimum absolute atomic E-state index is 0.167. The van der Waals surface area contributed by atoms with Gasteiger partial charge in [0.15, 0.2) is 0 Å². The number of hydrogen-bond donors (Lipinski definition) is 2. The molecular formula is C12H11F5N2O. The minimum Gasteiger partial charge on any atom is -0.497 e. The Bertz CT molecular complexity index is 620. The van der Waals surface area contributed by atoms with E-state index in [1.165, 1.54) is 19.2 Å². The number of rotatable bonds is 3. The van der Waals surface area contributed by atoms with Crippen molar-refractivity contribution in [2.24, 2.45) is 5.73 Å². The topological polar surface area (TPSA) is 51.0 Å². The third kappa shape index (κ3) is 2.20. The van der Waals surface area contributed by atoms with Crippen molar-refractivity contribution < 1.29 is 26.7 Å². The summed E-state index contributed by atoms with van der Waals surface area (Å²) in [6.45, 7) is 0. The molecule has 0 amide bonds. The number of aromatic amines is 1. The highest BCUT2D eigenvalue weighted by Crippen LogP contribution is 2.44. The second-order valence-electron chi connectivity index (χ2n) is 4.25. The molecule has 3 nitrogen and oxygen atoms in total. The van der Waals surface area contributed by atoms with Crippen LogP contribution in [0.4, 0.5) is 22.0 Å². The first-order valence-electron chi connectivity index (χ1n) is 5.53. The van der Waals surface area contributed by atoms with Gasteiger partial charge in [0.05, 0.1) is 7.11 Å². The first-order chi connectivity index (χ1) is 9.18. The number of fused-ring (bicyclic) bond motifs is 1. The predicted octanol–water partition coefficient (Wildman–Crippen LogP) is 3.37. The van der Waals surface area contributed by atoms with Gasteiger partial charge < -0.3 is 15.5 Å². The standard InChI is InChI=1S/C12H11F5N2O/c1-20-6-2-3-9-7(4-6)8(5-19-9)10(18)11(13,14)12(15,16)17/h2-5,10,19H,18H2,1H3/t10-/m1/s1. The first kappa shape index (κ1) is 14.6. The van der Waals surface area contributed by atoms with E-state index in [0.717, 1.165) is 6.20 Å². The fourth-order valence-corrected chi connectivity index (χ4v) is 1.88. The molecule has 8 heteroatoms. The Kier molecular flexibility index (Phi) is 3.37. The maximum atomic E-state index is 13.3. The van der Waals surface area contributed by atoms with Crippen molar-refractivity contribution in [2.45, 2.75) is 18.1 Å². The number of nitrogens with two attached hydrogens (primary N) is 1. The van der Waals surface area contributed by atoms with Crippen molar-refractivity contribution in [1.82, 2.24) is 4.98 Å². The van der Waals surface area contributed by atoms with E-state index in [4.69, 9.17) is 10.5 Å². The first-order valence-corrected chi connectivity index (χ1v) is 5.53. The van der Waals surface area contributed by atoms with Crippen LogP contribution in [0.5, 0.6) is 5.75 Å². The molecule has 0 bridgehead atoms. The number of nitrogens with one attached hydrogen (secondary N) is 1. The number of halogens is 5. The molecule has 1 aromatic carbocycles. The second-order valence-corrected chi connectivity index (χ2v) is 4.25. The number of alkyl halides is 5. The average Bonchev–Trinajstić information content (AvgIpc) is 2.78. The molecule has 0 fully saturated rings. The third-order valence-electron chi connectivity index (χ3n) is 3.02. The van der Waals surface area contributed by atoms with Gasteiger partial charge in [-0.05, 0) is 18.2 Å². The lowest BCUT2D eigenvalue weighted by Gasteiger charge is -2.25. The highest BCUT2D eigenvalue weighted by atomic mass is 19.4. The highest BCUT2D eigenvalue weighted by Gasteiger charge is 2.62. The van der Waals surface area contributed by atoms with E-state index >= 15 is 0 Å². The van der Waals surface area contributed by atoms with Crippen LogP contribution in [0.25, 0.3) is 10.9 Å². The molecule has 0 spiro atoms. The fourth-order valence-electron chi connectivity index (χ4n) is 1.88. The molecule has 3 N–H and O–H groups in total. The molecule has 2 rings (SSSR count). The Morgan fingerprint density at radius 2 is 1.85 bits per heavy atom. The molecule has 0 radical (unpaired) electrons. The van der Waals surface area contributed by atoms with Crippen molar-refractivity contribution in [1.29, 1.82) is 0 Å². The van der Waals surface area contributed by atoms with Crippen LogP contribution in [-0.4, -0.2) is 24.2 Å². The van der Waals surface area contributed by atoms with Crippen molar-refractivity contribution >= 4 is 10.9 Å². The highest BCUT2D eigenvalue weighted by molar-refractivity contribution is 5.85. The zero-order valence-electron chi connectivity index (χ0n) is 10.3. The van der Waals surface area contributed by atoms with Crippen LogP contribution in [0.1, 0.15) is 11.6 Å². The smallest absolute Gasteiger partial charge is 0.455 e. The van der Waals surface area contributed by atoms with Crippen molar-refractivity contribution in [2.75, 3.05) is 7.11 Å². The summed E-state index contributed by atoms with van der Waals surface area (Å²) in [5.41, 5.74) is 5.21. The number of aromatic nitrogens is 1. The monoisotopic (exact) mass is 294 g/mol. The lowest BCUT2D eigenvalue weighted by Crippen LogP contribution is -2.45. The molecular weight excluding hydrogens is 283 g/mol. The number of hydrogen-bond acceptors (Lipinski definition) is 2. The SMILES string of the molecule is COc1ccc2[nH]cc([C@@H](N)C(F)(F)C(F)(F)F)c2c1. The number of methoxy groups -OCH3 is 1. The summed E-state index contributed by atoms with van der Waals surface area (Å²) in [6.07, 6.45) is -4.66. The molecule has 20 heavy (non-hydrogen) atoms. The number of ether oxygens (including phenoxy) is 1. The van der Waals surface area contributed by atoms with Gasteiger partial charge in [0.2, 0.25) is 0 Å². The quantitative estimate of drug-likeness (QED) is 0.853. The van der Waals surface area contributed by atoms with Crippen LogP contribution >= 0.6 is 0 Å². The van der Waals surface area contributed by atoms with Gasteiger partial charge in [-0.2, -0.15) is 22.0 Å². The lowest BCUT2D eigenvalue weighted by molar-refractivity contribution is -0.290. The molecule has 2 aromatic rings. The number of benzene rings is 1. The molecule has 0 saturated carbocycles. The summed E-state index contributed by atoms with van der Waals surface area (Å²) in [4.78, 5) is 2.61. The predicted molar refractivity (Wildman–Crippen MR) is 62.8 cm³/mol. The molecule has 0 unspecified atom stereocenters. The van der Waals surface area contributed by atoms with Gasteiger partial charge in [-0.1, -0.05) is 0 Å². The van der Waals surface area contributed by atoms with Gasteiger partial charge >= 0.3 is 12.1 Å². The summed E-state index contributed by atoms with van der Waals surface area (Å²) >= 11 is 0. The van der Waals surface area contributed by atoms with E-state index in [1.807, 2.05) is 0 Å². The zero-order chi connectivity index (χ0) is 15.1. The molecule has 0 aliphatic heterocycles. The van der Waals surface area contributed by atoms with Crippen LogP contribution in [0.3, 0.4) is 0 Å². The van der Waals surface area contributed by atoms with E-state index < -0.39 is 18.1 Å². The minimum atomic E-state index is -5.71. The van der Waals surface area contributed by atoms with Crippen LogP contribution in [0.2, 0.25) is 0 Å². The maximum absolute atomic E-state index is 13.3. The molecule has 1 heterocycles.